The van der Waals surface area contributed by atoms with Crippen LogP contribution in [0.15, 0.2) is 28.8 Å². The highest BCUT2D eigenvalue weighted by atomic mass is 35.5. The van der Waals surface area contributed by atoms with Crippen molar-refractivity contribution in [3.05, 3.63) is 35.2 Å². The molecule has 1 aromatic carbocycles. The van der Waals surface area contributed by atoms with Crippen LogP contribution in [0.2, 0.25) is 5.02 Å². The summed E-state index contributed by atoms with van der Waals surface area (Å²) >= 11 is 5.96. The zero-order chi connectivity index (χ0) is 15.7. The summed E-state index contributed by atoms with van der Waals surface area (Å²) in [5, 5.41) is 4.58. The molecule has 0 amide bonds. The molecule has 3 rings (SSSR count). The van der Waals surface area contributed by atoms with Crippen LogP contribution in [-0.2, 0) is 10.0 Å². The van der Waals surface area contributed by atoms with Gasteiger partial charge in [0.1, 0.15) is 0 Å². The highest BCUT2D eigenvalue weighted by Gasteiger charge is 2.30. The fraction of sp³-hybridized carbons (Fsp3) is 0.429. The Morgan fingerprint density at radius 1 is 1.41 bits per heavy atom. The monoisotopic (exact) mass is 341 g/mol. The Morgan fingerprint density at radius 3 is 2.95 bits per heavy atom. The van der Waals surface area contributed by atoms with Crippen molar-refractivity contribution in [1.29, 1.82) is 0 Å². The third-order valence-electron chi connectivity index (χ3n) is 3.73. The molecule has 22 heavy (non-hydrogen) atoms. The summed E-state index contributed by atoms with van der Waals surface area (Å²) in [7, 11) is -3.19. The zero-order valence-electron chi connectivity index (χ0n) is 12.1. The minimum atomic E-state index is -3.19. The Balaban J connectivity index is 1.82. The normalized spacial score (nSPS) is 20.2. The van der Waals surface area contributed by atoms with Gasteiger partial charge in [0.05, 0.1) is 12.2 Å². The average molecular weight is 342 g/mol. The van der Waals surface area contributed by atoms with E-state index in [4.69, 9.17) is 16.1 Å². The molecule has 0 spiro atoms. The number of piperidine rings is 1. The summed E-state index contributed by atoms with van der Waals surface area (Å²) in [5.74, 6) is 0.876. The molecule has 1 aliphatic heterocycles. The highest BCUT2D eigenvalue weighted by molar-refractivity contribution is 7.88. The van der Waals surface area contributed by atoms with Gasteiger partial charge in [-0.25, -0.2) is 12.7 Å². The maximum atomic E-state index is 11.7. The summed E-state index contributed by atoms with van der Waals surface area (Å²) in [5.41, 5.74) is 0.776. The van der Waals surface area contributed by atoms with Gasteiger partial charge in [0, 0.05) is 23.7 Å². The lowest BCUT2D eigenvalue weighted by molar-refractivity contribution is 0.266. The Labute approximate surface area is 134 Å². The molecule has 118 valence electrons. The fourth-order valence-electron chi connectivity index (χ4n) is 2.59. The Bertz CT molecular complexity index is 775. The second-order valence-corrected chi connectivity index (χ2v) is 7.85. The van der Waals surface area contributed by atoms with E-state index in [1.165, 1.54) is 10.6 Å². The first-order valence-electron chi connectivity index (χ1n) is 6.98. The van der Waals surface area contributed by atoms with Gasteiger partial charge in [-0.1, -0.05) is 28.9 Å². The van der Waals surface area contributed by atoms with Gasteiger partial charge in [0.2, 0.25) is 21.7 Å². The topological polar surface area (TPSA) is 76.3 Å². The smallest absolute Gasteiger partial charge is 0.231 e. The Kier molecular flexibility index (Phi) is 4.20. The molecule has 1 fully saturated rings. The minimum Gasteiger partial charge on any atom is -0.339 e. The molecule has 0 saturated carbocycles. The van der Waals surface area contributed by atoms with Gasteiger partial charge < -0.3 is 4.52 Å². The lowest BCUT2D eigenvalue weighted by Gasteiger charge is -2.28. The van der Waals surface area contributed by atoms with Crippen LogP contribution in [0.25, 0.3) is 11.4 Å². The van der Waals surface area contributed by atoms with E-state index in [1.54, 1.807) is 12.1 Å². The van der Waals surface area contributed by atoms with Crippen molar-refractivity contribution in [3.8, 4) is 11.4 Å². The van der Waals surface area contributed by atoms with Gasteiger partial charge in [-0.05, 0) is 25.0 Å². The number of sulfonamides is 1. The van der Waals surface area contributed by atoms with Gasteiger partial charge >= 0.3 is 0 Å². The van der Waals surface area contributed by atoms with E-state index in [0.29, 0.717) is 29.8 Å². The lowest BCUT2D eigenvalue weighted by Crippen LogP contribution is -2.38. The van der Waals surface area contributed by atoms with E-state index >= 15 is 0 Å². The number of benzene rings is 1. The third kappa shape index (κ3) is 3.31. The van der Waals surface area contributed by atoms with Crippen molar-refractivity contribution in [2.75, 3.05) is 19.3 Å². The third-order valence-corrected chi connectivity index (χ3v) is 5.23. The van der Waals surface area contributed by atoms with E-state index in [0.717, 1.165) is 18.4 Å². The van der Waals surface area contributed by atoms with Gasteiger partial charge in [-0.15, -0.1) is 0 Å². The van der Waals surface area contributed by atoms with E-state index < -0.39 is 10.0 Å². The van der Waals surface area contributed by atoms with Crippen LogP contribution in [0.1, 0.15) is 24.7 Å². The number of halogens is 1. The van der Waals surface area contributed by atoms with E-state index in [1.807, 2.05) is 12.1 Å². The molecule has 2 aromatic rings. The molecule has 1 aromatic heterocycles. The maximum Gasteiger partial charge on any atom is 0.231 e. The summed E-state index contributed by atoms with van der Waals surface area (Å²) in [6.45, 7) is 0.931. The van der Waals surface area contributed by atoms with Crippen LogP contribution in [0.4, 0.5) is 0 Å². The van der Waals surface area contributed by atoms with Gasteiger partial charge in [0.25, 0.3) is 0 Å². The van der Waals surface area contributed by atoms with Crippen LogP contribution in [0.5, 0.6) is 0 Å². The molecule has 1 aliphatic rings. The number of nitrogens with zero attached hydrogens (tertiary/aromatic N) is 3. The summed E-state index contributed by atoms with van der Waals surface area (Å²) in [4.78, 5) is 4.40. The number of hydrogen-bond donors (Lipinski definition) is 0. The molecular weight excluding hydrogens is 326 g/mol. The SMILES string of the molecule is CS(=O)(=O)N1CCC[C@@H](c2nc(-c3cccc(Cl)c3)no2)C1. The fourth-order valence-corrected chi connectivity index (χ4v) is 3.69. The molecule has 0 bridgehead atoms. The number of rotatable bonds is 3. The maximum absolute atomic E-state index is 11.7. The van der Waals surface area contributed by atoms with Gasteiger partial charge in [0.15, 0.2) is 0 Å². The van der Waals surface area contributed by atoms with Crippen LogP contribution in [0.3, 0.4) is 0 Å². The molecule has 0 radical (unpaired) electrons. The van der Waals surface area contributed by atoms with Crippen molar-refractivity contribution >= 4 is 21.6 Å². The molecule has 0 aliphatic carbocycles. The van der Waals surface area contributed by atoms with Crippen LogP contribution in [0, 0.1) is 0 Å². The molecule has 2 heterocycles. The summed E-state index contributed by atoms with van der Waals surface area (Å²) in [6.07, 6.45) is 2.84. The first-order valence-corrected chi connectivity index (χ1v) is 9.21. The van der Waals surface area contributed by atoms with Crippen LogP contribution >= 0.6 is 11.6 Å². The number of aromatic nitrogens is 2. The molecule has 0 N–H and O–H groups in total. The molecular formula is C14H16ClN3O3S. The first kappa shape index (κ1) is 15.5. The van der Waals surface area contributed by atoms with Crippen molar-refractivity contribution in [2.45, 2.75) is 18.8 Å². The summed E-state index contributed by atoms with van der Waals surface area (Å²) < 4.78 is 30.1. The standard InChI is InChI=1S/C14H16ClN3O3S/c1-22(19,20)18-7-3-5-11(9-18)14-16-13(17-21-14)10-4-2-6-12(15)8-10/h2,4,6,8,11H,3,5,7,9H2,1H3/t11-/m1/s1. The quantitative estimate of drug-likeness (QED) is 0.857. The molecule has 6 nitrogen and oxygen atoms in total. The second-order valence-electron chi connectivity index (χ2n) is 5.43. The Hall–Kier alpha value is -1.44. The molecule has 1 saturated heterocycles. The van der Waals surface area contributed by atoms with Gasteiger partial charge in [-0.2, -0.15) is 4.98 Å². The van der Waals surface area contributed by atoms with E-state index in [-0.39, 0.29) is 5.92 Å². The predicted molar refractivity (Wildman–Crippen MR) is 83.1 cm³/mol. The predicted octanol–water partition coefficient (Wildman–Crippen LogP) is 2.53. The van der Waals surface area contributed by atoms with E-state index in [9.17, 15) is 8.42 Å². The first-order chi connectivity index (χ1) is 10.4. The summed E-state index contributed by atoms with van der Waals surface area (Å²) in [6, 6.07) is 7.21. The average Bonchev–Trinajstić information content (AvgIpc) is 2.96. The number of hydrogen-bond acceptors (Lipinski definition) is 5. The van der Waals surface area contributed by atoms with Crippen molar-refractivity contribution < 1.29 is 12.9 Å². The van der Waals surface area contributed by atoms with Crippen molar-refractivity contribution in [1.82, 2.24) is 14.4 Å². The van der Waals surface area contributed by atoms with E-state index in [2.05, 4.69) is 10.1 Å². The lowest BCUT2D eigenvalue weighted by atomic mass is 10.00. The zero-order valence-corrected chi connectivity index (χ0v) is 13.6. The van der Waals surface area contributed by atoms with Crippen molar-refractivity contribution in [2.24, 2.45) is 0 Å². The van der Waals surface area contributed by atoms with Crippen LogP contribution < -0.4 is 0 Å². The molecule has 0 unspecified atom stereocenters. The largest absolute Gasteiger partial charge is 0.339 e. The van der Waals surface area contributed by atoms with Crippen molar-refractivity contribution in [3.63, 3.8) is 0 Å². The second kappa shape index (κ2) is 5.98. The van der Waals surface area contributed by atoms with Crippen LogP contribution in [-0.4, -0.2) is 42.2 Å². The Morgan fingerprint density at radius 2 is 2.23 bits per heavy atom. The van der Waals surface area contributed by atoms with Gasteiger partial charge in [-0.3, -0.25) is 0 Å². The molecule has 8 heteroatoms. The highest BCUT2D eigenvalue weighted by Crippen LogP contribution is 2.29. The minimum absolute atomic E-state index is 0.0658. The molecule has 1 atom stereocenters.